The van der Waals surface area contributed by atoms with Crippen molar-refractivity contribution in [3.05, 3.63) is 29.3 Å². The molecule has 2 N–H and O–H groups in total. The van der Waals surface area contributed by atoms with Crippen molar-refractivity contribution in [2.45, 2.75) is 30.7 Å². The third-order valence-electron chi connectivity index (χ3n) is 5.04. The zero-order chi connectivity index (χ0) is 16.8. The molecule has 0 aromatic heterocycles. The smallest absolute Gasteiger partial charge is 0.339 e. The van der Waals surface area contributed by atoms with E-state index in [-0.39, 0.29) is 22.4 Å². The maximum atomic E-state index is 13.0. The van der Waals surface area contributed by atoms with Gasteiger partial charge >= 0.3 is 5.97 Å². The van der Waals surface area contributed by atoms with Crippen LogP contribution < -0.4 is 5.73 Å². The number of hydrogen-bond acceptors (Lipinski definition) is 5. The first-order valence-corrected chi connectivity index (χ1v) is 9.23. The Morgan fingerprint density at radius 3 is 2.70 bits per heavy atom. The van der Waals surface area contributed by atoms with Gasteiger partial charge in [-0.15, -0.1) is 0 Å². The lowest BCUT2D eigenvalue weighted by molar-refractivity contribution is 0.0596. The van der Waals surface area contributed by atoms with Crippen LogP contribution in [0.3, 0.4) is 0 Å². The van der Waals surface area contributed by atoms with Crippen molar-refractivity contribution in [3.8, 4) is 0 Å². The van der Waals surface area contributed by atoms with E-state index in [1.807, 2.05) is 6.92 Å². The van der Waals surface area contributed by atoms with Gasteiger partial charge in [-0.1, -0.05) is 11.6 Å². The molecule has 1 aliphatic carbocycles. The molecule has 1 aliphatic heterocycles. The molecule has 3 atom stereocenters. The Bertz CT molecular complexity index is 732. The van der Waals surface area contributed by atoms with E-state index >= 15 is 0 Å². The van der Waals surface area contributed by atoms with Crippen LogP contribution in [0.25, 0.3) is 0 Å². The van der Waals surface area contributed by atoms with Gasteiger partial charge in [0.15, 0.2) is 0 Å². The Hall–Kier alpha value is -1.44. The van der Waals surface area contributed by atoms with E-state index in [1.54, 1.807) is 12.1 Å². The van der Waals surface area contributed by atoms with Crippen LogP contribution in [0, 0.1) is 18.8 Å². The van der Waals surface area contributed by atoms with Gasteiger partial charge in [-0.2, -0.15) is 4.31 Å². The molecule has 1 heterocycles. The van der Waals surface area contributed by atoms with Gasteiger partial charge in [-0.3, -0.25) is 0 Å². The number of sulfonamides is 1. The zero-order valence-corrected chi connectivity index (χ0v) is 14.2. The number of hydrogen-bond donors (Lipinski definition) is 1. The number of rotatable bonds is 3. The summed E-state index contributed by atoms with van der Waals surface area (Å²) >= 11 is 0. The Morgan fingerprint density at radius 2 is 2.04 bits per heavy atom. The van der Waals surface area contributed by atoms with Crippen LogP contribution in [0.5, 0.6) is 0 Å². The predicted octanol–water partition coefficient (Wildman–Crippen LogP) is 1.14. The van der Waals surface area contributed by atoms with Gasteiger partial charge in [-0.25, -0.2) is 13.2 Å². The standard InChI is InChI=1S/C16H22N2O4S/c1-10-3-6-15(12(7-10)16(19)22-2)23(20,21)18-8-11-4-5-14(17)13(11)9-18/h3,6-7,11,13-14H,4-5,8-9,17H2,1-2H3. The first-order valence-electron chi connectivity index (χ1n) is 7.79. The monoisotopic (exact) mass is 338 g/mol. The van der Waals surface area contributed by atoms with Gasteiger partial charge in [0.1, 0.15) is 0 Å². The molecule has 1 aromatic carbocycles. The summed E-state index contributed by atoms with van der Waals surface area (Å²) in [6, 6.07) is 4.81. The number of nitrogens with two attached hydrogens (primary N) is 1. The maximum absolute atomic E-state index is 13.0. The van der Waals surface area contributed by atoms with Crippen molar-refractivity contribution >= 4 is 16.0 Å². The van der Waals surface area contributed by atoms with E-state index in [4.69, 9.17) is 10.5 Å². The van der Waals surface area contributed by atoms with Crippen LogP contribution in [-0.4, -0.2) is 44.9 Å². The quantitative estimate of drug-likeness (QED) is 0.835. The van der Waals surface area contributed by atoms with Crippen molar-refractivity contribution in [3.63, 3.8) is 0 Å². The van der Waals surface area contributed by atoms with E-state index in [9.17, 15) is 13.2 Å². The molecular weight excluding hydrogens is 316 g/mol. The topological polar surface area (TPSA) is 89.7 Å². The van der Waals surface area contributed by atoms with Crippen LogP contribution >= 0.6 is 0 Å². The molecule has 1 saturated carbocycles. The second-order valence-electron chi connectivity index (χ2n) is 6.48. The second-order valence-corrected chi connectivity index (χ2v) is 8.38. The molecular formula is C16H22N2O4S. The highest BCUT2D eigenvalue weighted by Crippen LogP contribution is 2.39. The van der Waals surface area contributed by atoms with Gasteiger partial charge in [0.05, 0.1) is 17.6 Å². The lowest BCUT2D eigenvalue weighted by Gasteiger charge is -2.20. The first-order chi connectivity index (χ1) is 10.8. The number of carbonyl (C=O) groups excluding carboxylic acids is 1. The van der Waals surface area contributed by atoms with Gasteiger partial charge in [0, 0.05) is 19.1 Å². The van der Waals surface area contributed by atoms with E-state index in [1.165, 1.54) is 17.5 Å². The van der Waals surface area contributed by atoms with Gasteiger partial charge in [0.25, 0.3) is 0 Å². The highest BCUT2D eigenvalue weighted by Gasteiger charge is 2.45. The molecule has 7 heteroatoms. The predicted molar refractivity (Wildman–Crippen MR) is 85.5 cm³/mol. The SMILES string of the molecule is COC(=O)c1cc(C)ccc1S(=O)(=O)N1CC2CCC(N)C2C1. The summed E-state index contributed by atoms with van der Waals surface area (Å²) in [4.78, 5) is 12.0. The Balaban J connectivity index is 1.96. The molecule has 0 bridgehead atoms. The number of carbonyl (C=O) groups is 1. The van der Waals surface area contributed by atoms with Crippen LogP contribution in [0.1, 0.15) is 28.8 Å². The molecule has 0 spiro atoms. The Kier molecular flexibility index (Phi) is 4.20. The van der Waals surface area contributed by atoms with Crippen molar-refractivity contribution < 1.29 is 17.9 Å². The summed E-state index contributed by atoms with van der Waals surface area (Å²) in [6.45, 7) is 2.72. The van der Waals surface area contributed by atoms with Gasteiger partial charge in [-0.05, 0) is 43.7 Å². The Labute approximate surface area is 136 Å². The molecule has 0 radical (unpaired) electrons. The fraction of sp³-hybridized carbons (Fsp3) is 0.562. The fourth-order valence-electron chi connectivity index (χ4n) is 3.74. The van der Waals surface area contributed by atoms with Crippen LogP contribution in [0.2, 0.25) is 0 Å². The molecule has 23 heavy (non-hydrogen) atoms. The number of nitrogens with zero attached hydrogens (tertiary/aromatic N) is 1. The lowest BCUT2D eigenvalue weighted by Crippen LogP contribution is -2.34. The van der Waals surface area contributed by atoms with Gasteiger partial charge in [0.2, 0.25) is 10.0 Å². The summed E-state index contributed by atoms with van der Waals surface area (Å²) in [6.07, 6.45) is 1.93. The average Bonchev–Trinajstić information content (AvgIpc) is 3.09. The second kappa shape index (κ2) is 5.89. The van der Waals surface area contributed by atoms with Crippen LogP contribution in [-0.2, 0) is 14.8 Å². The van der Waals surface area contributed by atoms with Crippen molar-refractivity contribution in [2.75, 3.05) is 20.2 Å². The highest BCUT2D eigenvalue weighted by atomic mass is 32.2. The molecule has 0 amide bonds. The molecule has 3 rings (SSSR count). The van der Waals surface area contributed by atoms with Crippen molar-refractivity contribution in [2.24, 2.45) is 17.6 Å². The van der Waals surface area contributed by atoms with Crippen molar-refractivity contribution in [1.82, 2.24) is 4.31 Å². The molecule has 1 saturated heterocycles. The summed E-state index contributed by atoms with van der Waals surface area (Å²) in [5, 5.41) is 0. The van der Waals surface area contributed by atoms with Gasteiger partial charge < -0.3 is 10.5 Å². The van der Waals surface area contributed by atoms with E-state index in [0.717, 1.165) is 18.4 Å². The van der Waals surface area contributed by atoms with Crippen LogP contribution in [0.4, 0.5) is 0 Å². The third-order valence-corrected chi connectivity index (χ3v) is 6.93. The summed E-state index contributed by atoms with van der Waals surface area (Å²) in [5.41, 5.74) is 6.99. The lowest BCUT2D eigenvalue weighted by atomic mass is 9.98. The number of ether oxygens (including phenoxy) is 1. The van der Waals surface area contributed by atoms with E-state index in [0.29, 0.717) is 19.0 Å². The number of esters is 1. The fourth-order valence-corrected chi connectivity index (χ4v) is 5.43. The van der Waals surface area contributed by atoms with E-state index in [2.05, 4.69) is 0 Å². The number of methoxy groups -OCH3 is 1. The van der Waals surface area contributed by atoms with Crippen LogP contribution in [0.15, 0.2) is 23.1 Å². The third kappa shape index (κ3) is 2.77. The first kappa shape index (κ1) is 16.4. The molecule has 2 aliphatic rings. The summed E-state index contributed by atoms with van der Waals surface area (Å²) in [7, 11) is -2.48. The number of benzene rings is 1. The minimum Gasteiger partial charge on any atom is -0.465 e. The summed E-state index contributed by atoms with van der Waals surface area (Å²) in [5.74, 6) is -0.0908. The largest absolute Gasteiger partial charge is 0.465 e. The minimum absolute atomic E-state index is 0.0171. The number of aryl methyl sites for hydroxylation is 1. The maximum Gasteiger partial charge on any atom is 0.339 e. The highest BCUT2D eigenvalue weighted by molar-refractivity contribution is 7.89. The molecule has 6 nitrogen and oxygen atoms in total. The molecule has 2 fully saturated rings. The van der Waals surface area contributed by atoms with E-state index < -0.39 is 16.0 Å². The minimum atomic E-state index is -3.73. The molecule has 3 unspecified atom stereocenters. The Morgan fingerprint density at radius 1 is 1.30 bits per heavy atom. The molecule has 1 aromatic rings. The number of fused-ring (bicyclic) bond motifs is 1. The normalized spacial score (nSPS) is 27.9. The summed E-state index contributed by atoms with van der Waals surface area (Å²) < 4.78 is 32.2. The average molecular weight is 338 g/mol. The molecule has 126 valence electrons. The van der Waals surface area contributed by atoms with Crippen molar-refractivity contribution in [1.29, 1.82) is 0 Å². The zero-order valence-electron chi connectivity index (χ0n) is 13.4.